The second kappa shape index (κ2) is 7.39. The predicted molar refractivity (Wildman–Crippen MR) is 105 cm³/mol. The van der Waals surface area contributed by atoms with Crippen molar-refractivity contribution >= 4 is 5.91 Å². The van der Waals surface area contributed by atoms with Gasteiger partial charge in [-0.3, -0.25) is 4.79 Å². The number of piperidine rings is 1. The highest BCUT2D eigenvalue weighted by molar-refractivity contribution is 5.93. The Morgan fingerprint density at radius 3 is 2.30 bits per heavy atom. The molecule has 0 radical (unpaired) electrons. The molecule has 27 heavy (non-hydrogen) atoms. The largest absolute Gasteiger partial charge is 0.448 e. The van der Waals surface area contributed by atoms with Crippen molar-refractivity contribution in [1.82, 2.24) is 9.88 Å². The smallest absolute Gasteiger partial charge is 0.276 e. The summed E-state index contributed by atoms with van der Waals surface area (Å²) in [6.45, 7) is 3.37. The highest BCUT2D eigenvalue weighted by atomic mass is 16.3. The van der Waals surface area contributed by atoms with Crippen LogP contribution in [0, 0.1) is 0 Å². The fourth-order valence-corrected chi connectivity index (χ4v) is 4.23. The van der Waals surface area contributed by atoms with Crippen LogP contribution in [0.3, 0.4) is 0 Å². The Morgan fingerprint density at radius 1 is 1.07 bits per heavy atom. The van der Waals surface area contributed by atoms with Crippen LogP contribution in [-0.4, -0.2) is 28.9 Å². The minimum atomic E-state index is -0.202. The number of carbonyl (C=O) groups excluding carboxylic acids is 1. The lowest BCUT2D eigenvalue weighted by atomic mass is 9.69. The van der Waals surface area contributed by atoms with E-state index in [9.17, 15) is 4.79 Å². The van der Waals surface area contributed by atoms with Crippen molar-refractivity contribution in [2.24, 2.45) is 0 Å². The number of aryl methyl sites for hydroxylation is 1. The Balaban J connectivity index is 1.74. The molecule has 4 rings (SSSR count). The second-order valence-electron chi connectivity index (χ2n) is 7.12. The van der Waals surface area contributed by atoms with E-state index in [1.807, 2.05) is 24.0 Å². The first-order valence-electron chi connectivity index (χ1n) is 9.57. The maximum absolute atomic E-state index is 13.2. The van der Waals surface area contributed by atoms with Gasteiger partial charge in [0, 0.05) is 24.9 Å². The van der Waals surface area contributed by atoms with Gasteiger partial charge in [0.05, 0.1) is 0 Å². The molecule has 0 unspecified atom stereocenters. The van der Waals surface area contributed by atoms with Crippen LogP contribution in [0.25, 0.3) is 0 Å². The SMILES string of the molecule is CCc1ocnc1C(=O)N1CCCC(c2ccccc2)(c2ccccc2)C1. The number of hydrogen-bond donors (Lipinski definition) is 0. The normalized spacial score (nSPS) is 16.3. The van der Waals surface area contributed by atoms with Crippen LogP contribution in [0.5, 0.6) is 0 Å². The van der Waals surface area contributed by atoms with Gasteiger partial charge in [-0.05, 0) is 24.0 Å². The molecule has 0 saturated carbocycles. The summed E-state index contributed by atoms with van der Waals surface area (Å²) < 4.78 is 5.39. The lowest BCUT2D eigenvalue weighted by molar-refractivity contribution is 0.0659. The summed E-state index contributed by atoms with van der Waals surface area (Å²) in [5, 5.41) is 0. The Hall–Kier alpha value is -2.88. The quantitative estimate of drug-likeness (QED) is 0.690. The third-order valence-electron chi connectivity index (χ3n) is 5.60. The second-order valence-corrected chi connectivity index (χ2v) is 7.12. The summed E-state index contributed by atoms with van der Waals surface area (Å²) in [6.07, 6.45) is 4.01. The number of likely N-dealkylation sites (tertiary alicyclic amines) is 1. The molecule has 2 heterocycles. The number of hydrogen-bond acceptors (Lipinski definition) is 3. The number of nitrogens with zero attached hydrogens (tertiary/aromatic N) is 2. The molecule has 3 aromatic rings. The standard InChI is InChI=1S/C23H24N2O2/c1-2-20-21(24-17-27-20)22(26)25-15-9-14-23(16-25,18-10-5-3-6-11-18)19-12-7-4-8-13-19/h3-8,10-13,17H,2,9,14-16H2,1H3. The molecule has 4 heteroatoms. The lowest BCUT2D eigenvalue weighted by Gasteiger charge is -2.43. The van der Waals surface area contributed by atoms with Gasteiger partial charge in [0.2, 0.25) is 0 Å². The average molecular weight is 360 g/mol. The van der Waals surface area contributed by atoms with Gasteiger partial charge in [-0.2, -0.15) is 0 Å². The first kappa shape index (κ1) is 17.5. The van der Waals surface area contributed by atoms with E-state index in [1.54, 1.807) is 0 Å². The number of benzene rings is 2. The van der Waals surface area contributed by atoms with Crippen molar-refractivity contribution in [1.29, 1.82) is 0 Å². The van der Waals surface area contributed by atoms with Crippen LogP contribution in [0.15, 0.2) is 71.5 Å². The number of rotatable bonds is 4. The number of carbonyl (C=O) groups is 1. The third kappa shape index (κ3) is 3.16. The van der Waals surface area contributed by atoms with Crippen LogP contribution in [-0.2, 0) is 11.8 Å². The number of amides is 1. The van der Waals surface area contributed by atoms with Crippen LogP contribution in [0.4, 0.5) is 0 Å². The lowest BCUT2D eigenvalue weighted by Crippen LogP contribution is -2.49. The summed E-state index contributed by atoms with van der Waals surface area (Å²) in [6, 6.07) is 21.1. The van der Waals surface area contributed by atoms with Crippen molar-refractivity contribution in [3.63, 3.8) is 0 Å². The molecule has 1 aliphatic heterocycles. The number of oxazole rings is 1. The van der Waals surface area contributed by atoms with E-state index < -0.39 is 0 Å². The highest BCUT2D eigenvalue weighted by Crippen LogP contribution is 2.40. The zero-order valence-electron chi connectivity index (χ0n) is 15.6. The first-order valence-corrected chi connectivity index (χ1v) is 9.57. The van der Waals surface area contributed by atoms with Crippen molar-refractivity contribution in [3.8, 4) is 0 Å². The molecule has 0 N–H and O–H groups in total. The van der Waals surface area contributed by atoms with Gasteiger partial charge in [0.1, 0.15) is 5.76 Å². The monoisotopic (exact) mass is 360 g/mol. The molecule has 4 nitrogen and oxygen atoms in total. The fourth-order valence-electron chi connectivity index (χ4n) is 4.23. The highest BCUT2D eigenvalue weighted by Gasteiger charge is 2.40. The van der Waals surface area contributed by atoms with Crippen molar-refractivity contribution in [3.05, 3.63) is 89.6 Å². The van der Waals surface area contributed by atoms with Crippen LogP contribution in [0.1, 0.15) is 47.1 Å². The molecule has 1 amide bonds. The Labute approximate surface area is 159 Å². The fraction of sp³-hybridized carbons (Fsp3) is 0.304. The molecule has 138 valence electrons. The summed E-state index contributed by atoms with van der Waals surface area (Å²) in [7, 11) is 0. The van der Waals surface area contributed by atoms with Gasteiger partial charge in [-0.1, -0.05) is 67.6 Å². The van der Waals surface area contributed by atoms with Crippen LogP contribution >= 0.6 is 0 Å². The summed E-state index contributed by atoms with van der Waals surface area (Å²) in [5.41, 5.74) is 2.76. The molecule has 0 aliphatic carbocycles. The van der Waals surface area contributed by atoms with E-state index in [1.165, 1.54) is 17.5 Å². The van der Waals surface area contributed by atoms with E-state index in [-0.39, 0.29) is 11.3 Å². The van der Waals surface area contributed by atoms with E-state index in [4.69, 9.17) is 4.42 Å². The summed E-state index contributed by atoms with van der Waals surface area (Å²) in [5.74, 6) is 0.632. The molecule has 0 spiro atoms. The average Bonchev–Trinajstić information content (AvgIpc) is 3.23. The Kier molecular flexibility index (Phi) is 4.80. The zero-order chi connectivity index (χ0) is 18.7. The van der Waals surface area contributed by atoms with Gasteiger partial charge in [0.25, 0.3) is 5.91 Å². The van der Waals surface area contributed by atoms with E-state index in [2.05, 4.69) is 53.5 Å². The predicted octanol–water partition coefficient (Wildman–Crippen LogP) is 4.46. The van der Waals surface area contributed by atoms with Gasteiger partial charge in [-0.25, -0.2) is 4.98 Å². The molecule has 0 atom stereocenters. The zero-order valence-corrected chi connectivity index (χ0v) is 15.6. The van der Waals surface area contributed by atoms with E-state index >= 15 is 0 Å². The van der Waals surface area contributed by atoms with Gasteiger partial charge in [-0.15, -0.1) is 0 Å². The minimum Gasteiger partial charge on any atom is -0.448 e. The number of aromatic nitrogens is 1. The third-order valence-corrected chi connectivity index (χ3v) is 5.60. The van der Waals surface area contributed by atoms with Gasteiger partial charge >= 0.3 is 0 Å². The maximum Gasteiger partial charge on any atom is 0.276 e. The molecule has 1 saturated heterocycles. The van der Waals surface area contributed by atoms with Crippen LogP contribution < -0.4 is 0 Å². The van der Waals surface area contributed by atoms with Crippen molar-refractivity contribution < 1.29 is 9.21 Å². The summed E-state index contributed by atoms with van der Waals surface area (Å²) in [4.78, 5) is 19.3. The minimum absolute atomic E-state index is 0.0310. The molecule has 1 aliphatic rings. The molecule has 1 aromatic heterocycles. The van der Waals surface area contributed by atoms with Crippen molar-refractivity contribution in [2.75, 3.05) is 13.1 Å². The molecular formula is C23H24N2O2. The van der Waals surface area contributed by atoms with Gasteiger partial charge in [0.15, 0.2) is 12.1 Å². The Bertz CT molecular complexity index is 863. The molecular weight excluding hydrogens is 336 g/mol. The van der Waals surface area contributed by atoms with Crippen LogP contribution in [0.2, 0.25) is 0 Å². The van der Waals surface area contributed by atoms with E-state index in [0.29, 0.717) is 24.4 Å². The van der Waals surface area contributed by atoms with Gasteiger partial charge < -0.3 is 9.32 Å². The van der Waals surface area contributed by atoms with E-state index in [0.717, 1.165) is 19.4 Å². The molecule has 0 bridgehead atoms. The summed E-state index contributed by atoms with van der Waals surface area (Å²) >= 11 is 0. The molecule has 2 aromatic carbocycles. The maximum atomic E-state index is 13.2. The first-order chi connectivity index (χ1) is 13.2. The Morgan fingerprint density at radius 2 is 1.70 bits per heavy atom. The molecule has 1 fully saturated rings. The van der Waals surface area contributed by atoms with Crippen molar-refractivity contribution in [2.45, 2.75) is 31.6 Å². The topological polar surface area (TPSA) is 46.3 Å².